The van der Waals surface area contributed by atoms with Gasteiger partial charge in [-0.15, -0.1) is 0 Å². The van der Waals surface area contributed by atoms with Crippen molar-refractivity contribution in [3.05, 3.63) is 30.3 Å². The topological polar surface area (TPSA) is 58.4 Å². The fourth-order valence-electron chi connectivity index (χ4n) is 1.59. The number of carbonyl (C=O) groups is 1. The van der Waals surface area contributed by atoms with Crippen molar-refractivity contribution in [1.82, 2.24) is 5.32 Å². The Morgan fingerprint density at radius 3 is 2.65 bits per heavy atom. The van der Waals surface area contributed by atoms with E-state index in [-0.39, 0.29) is 5.91 Å². The average Bonchev–Trinajstić information content (AvgIpc) is 2.34. The molecule has 0 aliphatic rings. The molecule has 4 nitrogen and oxygen atoms in total. The first-order chi connectivity index (χ1) is 8.20. The Hall–Kier alpha value is -1.55. The standard InChI is InChI=1S/C13H21N3O/c1-16(12-6-3-2-4-7-12)11-5-9-15-10-8-13(14)17/h2-4,6-7,15H,5,8-11H2,1H3,(H2,14,17). The third-order valence-electron chi connectivity index (χ3n) is 2.59. The summed E-state index contributed by atoms with van der Waals surface area (Å²) in [4.78, 5) is 12.7. The number of hydrogen-bond donors (Lipinski definition) is 2. The Bertz CT molecular complexity index is 327. The van der Waals surface area contributed by atoms with Crippen LogP contribution in [0.4, 0.5) is 5.69 Å². The Balaban J connectivity index is 2.09. The quantitative estimate of drug-likeness (QED) is 0.660. The van der Waals surface area contributed by atoms with Crippen LogP contribution in [0.5, 0.6) is 0 Å². The lowest BCUT2D eigenvalue weighted by atomic mass is 10.3. The third kappa shape index (κ3) is 5.92. The molecule has 1 aromatic carbocycles. The van der Waals surface area contributed by atoms with Gasteiger partial charge in [-0.05, 0) is 25.1 Å². The van der Waals surface area contributed by atoms with Gasteiger partial charge in [0.1, 0.15) is 0 Å². The molecular formula is C13H21N3O. The first kappa shape index (κ1) is 13.5. The summed E-state index contributed by atoms with van der Waals surface area (Å²) in [6.07, 6.45) is 1.46. The molecule has 0 saturated carbocycles. The maximum absolute atomic E-state index is 10.5. The molecule has 1 amide bonds. The van der Waals surface area contributed by atoms with Crippen molar-refractivity contribution < 1.29 is 4.79 Å². The number of anilines is 1. The lowest BCUT2D eigenvalue weighted by Gasteiger charge is -2.19. The highest BCUT2D eigenvalue weighted by Crippen LogP contribution is 2.10. The zero-order valence-electron chi connectivity index (χ0n) is 10.4. The molecule has 0 aliphatic heterocycles. The number of nitrogens with one attached hydrogen (secondary N) is 1. The van der Waals surface area contributed by atoms with Gasteiger partial charge in [0.25, 0.3) is 0 Å². The van der Waals surface area contributed by atoms with Crippen LogP contribution in [-0.2, 0) is 4.79 Å². The van der Waals surface area contributed by atoms with E-state index < -0.39 is 0 Å². The zero-order chi connectivity index (χ0) is 12.5. The predicted molar refractivity (Wildman–Crippen MR) is 71.0 cm³/mol. The predicted octanol–water partition coefficient (Wildman–Crippen LogP) is 0.978. The molecule has 0 aromatic heterocycles. The van der Waals surface area contributed by atoms with Crippen molar-refractivity contribution in [3.63, 3.8) is 0 Å². The zero-order valence-corrected chi connectivity index (χ0v) is 10.4. The summed E-state index contributed by atoms with van der Waals surface area (Å²) in [6, 6.07) is 10.3. The van der Waals surface area contributed by atoms with E-state index in [1.54, 1.807) is 0 Å². The van der Waals surface area contributed by atoms with E-state index in [0.29, 0.717) is 13.0 Å². The number of primary amides is 1. The summed E-state index contributed by atoms with van der Waals surface area (Å²) in [5.41, 5.74) is 6.27. The van der Waals surface area contributed by atoms with Gasteiger partial charge in [-0.2, -0.15) is 0 Å². The van der Waals surface area contributed by atoms with E-state index in [2.05, 4.69) is 29.4 Å². The van der Waals surface area contributed by atoms with E-state index >= 15 is 0 Å². The molecule has 0 unspecified atom stereocenters. The maximum Gasteiger partial charge on any atom is 0.218 e. The van der Waals surface area contributed by atoms with Crippen LogP contribution in [0.3, 0.4) is 0 Å². The van der Waals surface area contributed by atoms with Crippen molar-refractivity contribution in [2.24, 2.45) is 5.73 Å². The minimum absolute atomic E-state index is 0.251. The van der Waals surface area contributed by atoms with Crippen LogP contribution in [0.25, 0.3) is 0 Å². The molecule has 0 bridgehead atoms. The van der Waals surface area contributed by atoms with Gasteiger partial charge >= 0.3 is 0 Å². The third-order valence-corrected chi connectivity index (χ3v) is 2.59. The van der Waals surface area contributed by atoms with Crippen molar-refractivity contribution in [1.29, 1.82) is 0 Å². The highest BCUT2D eigenvalue weighted by atomic mass is 16.1. The molecule has 0 heterocycles. The van der Waals surface area contributed by atoms with E-state index in [0.717, 1.165) is 19.5 Å². The number of para-hydroxylation sites is 1. The van der Waals surface area contributed by atoms with E-state index in [1.807, 2.05) is 18.2 Å². The van der Waals surface area contributed by atoms with Gasteiger partial charge in [-0.1, -0.05) is 18.2 Å². The molecule has 17 heavy (non-hydrogen) atoms. The second-order valence-corrected chi connectivity index (χ2v) is 4.08. The van der Waals surface area contributed by atoms with Crippen LogP contribution in [0.15, 0.2) is 30.3 Å². The normalized spacial score (nSPS) is 10.2. The number of rotatable bonds is 8. The monoisotopic (exact) mass is 235 g/mol. The lowest BCUT2D eigenvalue weighted by Crippen LogP contribution is -2.26. The summed E-state index contributed by atoms with van der Waals surface area (Å²) in [5, 5.41) is 3.20. The van der Waals surface area contributed by atoms with Gasteiger partial charge in [0.2, 0.25) is 5.91 Å². The Morgan fingerprint density at radius 2 is 2.00 bits per heavy atom. The van der Waals surface area contributed by atoms with Gasteiger partial charge in [0, 0.05) is 32.2 Å². The van der Waals surface area contributed by atoms with Gasteiger partial charge in [-0.3, -0.25) is 4.79 Å². The van der Waals surface area contributed by atoms with Crippen molar-refractivity contribution >= 4 is 11.6 Å². The molecular weight excluding hydrogens is 214 g/mol. The maximum atomic E-state index is 10.5. The molecule has 94 valence electrons. The lowest BCUT2D eigenvalue weighted by molar-refractivity contribution is -0.117. The molecule has 0 spiro atoms. The molecule has 0 aliphatic carbocycles. The Labute approximate surface area is 103 Å². The Morgan fingerprint density at radius 1 is 1.29 bits per heavy atom. The summed E-state index contributed by atoms with van der Waals surface area (Å²) in [7, 11) is 2.08. The first-order valence-electron chi connectivity index (χ1n) is 5.95. The van der Waals surface area contributed by atoms with Gasteiger partial charge in [0.15, 0.2) is 0 Å². The number of nitrogens with two attached hydrogens (primary N) is 1. The molecule has 0 fully saturated rings. The number of benzene rings is 1. The SMILES string of the molecule is CN(CCCNCCC(N)=O)c1ccccc1. The summed E-state index contributed by atoms with van der Waals surface area (Å²) < 4.78 is 0. The fraction of sp³-hybridized carbons (Fsp3) is 0.462. The van der Waals surface area contributed by atoms with Gasteiger partial charge in [0.05, 0.1) is 0 Å². The van der Waals surface area contributed by atoms with Gasteiger partial charge in [-0.25, -0.2) is 0 Å². The fourth-order valence-corrected chi connectivity index (χ4v) is 1.59. The van der Waals surface area contributed by atoms with Crippen molar-refractivity contribution in [2.45, 2.75) is 12.8 Å². The first-order valence-corrected chi connectivity index (χ1v) is 5.95. The molecule has 4 heteroatoms. The number of hydrogen-bond acceptors (Lipinski definition) is 3. The van der Waals surface area contributed by atoms with Crippen molar-refractivity contribution in [2.75, 3.05) is 31.6 Å². The van der Waals surface area contributed by atoms with E-state index in [1.165, 1.54) is 5.69 Å². The summed E-state index contributed by atoms with van der Waals surface area (Å²) in [5.74, 6) is -0.251. The van der Waals surface area contributed by atoms with Crippen LogP contribution < -0.4 is 16.0 Å². The largest absolute Gasteiger partial charge is 0.375 e. The molecule has 0 saturated heterocycles. The molecule has 1 aromatic rings. The highest BCUT2D eigenvalue weighted by molar-refractivity contribution is 5.73. The number of nitrogens with zero attached hydrogens (tertiary/aromatic N) is 1. The minimum atomic E-state index is -0.251. The second-order valence-electron chi connectivity index (χ2n) is 4.08. The highest BCUT2D eigenvalue weighted by Gasteiger charge is 1.99. The molecule has 1 rings (SSSR count). The second kappa shape index (κ2) is 7.68. The van der Waals surface area contributed by atoms with Crippen LogP contribution in [0.2, 0.25) is 0 Å². The Kier molecular flexibility index (Phi) is 6.10. The molecule has 0 radical (unpaired) electrons. The average molecular weight is 235 g/mol. The number of carbonyl (C=O) groups excluding carboxylic acids is 1. The van der Waals surface area contributed by atoms with Crippen LogP contribution in [-0.4, -0.2) is 32.6 Å². The van der Waals surface area contributed by atoms with E-state index in [4.69, 9.17) is 5.73 Å². The minimum Gasteiger partial charge on any atom is -0.375 e. The van der Waals surface area contributed by atoms with Crippen molar-refractivity contribution in [3.8, 4) is 0 Å². The smallest absolute Gasteiger partial charge is 0.218 e. The molecule has 0 atom stereocenters. The number of amides is 1. The van der Waals surface area contributed by atoms with E-state index in [9.17, 15) is 4.79 Å². The van der Waals surface area contributed by atoms with Gasteiger partial charge < -0.3 is 16.0 Å². The van der Waals surface area contributed by atoms with Crippen LogP contribution in [0.1, 0.15) is 12.8 Å². The van der Waals surface area contributed by atoms with Crippen LogP contribution >= 0.6 is 0 Å². The molecule has 3 N–H and O–H groups in total. The van der Waals surface area contributed by atoms with Crippen LogP contribution in [0, 0.1) is 0 Å². The summed E-state index contributed by atoms with van der Waals surface area (Å²) in [6.45, 7) is 2.57. The summed E-state index contributed by atoms with van der Waals surface area (Å²) >= 11 is 0.